The first-order valence-electron chi connectivity index (χ1n) is 7.13. The lowest BCUT2D eigenvalue weighted by atomic mass is 9.91. The van der Waals surface area contributed by atoms with Crippen LogP contribution in [0.1, 0.15) is 30.3 Å². The minimum absolute atomic E-state index is 0.104. The number of rotatable bonds is 4. The summed E-state index contributed by atoms with van der Waals surface area (Å²) >= 11 is 0. The van der Waals surface area contributed by atoms with E-state index in [2.05, 4.69) is 9.97 Å². The minimum atomic E-state index is -1.25. The van der Waals surface area contributed by atoms with Gasteiger partial charge < -0.3 is 14.9 Å². The third kappa shape index (κ3) is 2.86. The zero-order valence-corrected chi connectivity index (χ0v) is 12.5. The SMILES string of the molecule is CC1(C(O)c2ccncc2)C=C(C(O)c2ccncc2)C(=O)O1. The molecule has 2 N–H and O–H groups in total. The Kier molecular flexibility index (Phi) is 3.94. The molecule has 0 aromatic carbocycles. The van der Waals surface area contributed by atoms with E-state index in [1.807, 2.05) is 0 Å². The Labute approximate surface area is 133 Å². The maximum atomic E-state index is 12.2. The van der Waals surface area contributed by atoms with E-state index in [9.17, 15) is 15.0 Å². The molecular weight excluding hydrogens is 296 g/mol. The van der Waals surface area contributed by atoms with Crippen LogP contribution in [0.25, 0.3) is 0 Å². The first kappa shape index (κ1) is 15.3. The highest BCUT2D eigenvalue weighted by Gasteiger charge is 2.44. The molecule has 118 valence electrons. The number of carbonyl (C=O) groups is 1. The molecule has 0 amide bonds. The molecule has 3 unspecified atom stereocenters. The van der Waals surface area contributed by atoms with Crippen LogP contribution in [0.2, 0.25) is 0 Å². The van der Waals surface area contributed by atoms with Gasteiger partial charge in [-0.2, -0.15) is 0 Å². The molecule has 0 fully saturated rings. The second kappa shape index (κ2) is 5.91. The number of nitrogens with zero attached hydrogens (tertiary/aromatic N) is 2. The van der Waals surface area contributed by atoms with Crippen molar-refractivity contribution in [3.8, 4) is 0 Å². The first-order chi connectivity index (χ1) is 11.0. The Morgan fingerprint density at radius 2 is 1.52 bits per heavy atom. The minimum Gasteiger partial charge on any atom is -0.448 e. The highest BCUT2D eigenvalue weighted by atomic mass is 16.6. The van der Waals surface area contributed by atoms with Crippen molar-refractivity contribution in [2.45, 2.75) is 24.7 Å². The van der Waals surface area contributed by atoms with E-state index in [1.54, 1.807) is 43.6 Å². The van der Waals surface area contributed by atoms with Crippen LogP contribution in [-0.2, 0) is 9.53 Å². The van der Waals surface area contributed by atoms with Gasteiger partial charge in [0.1, 0.15) is 12.2 Å². The molecule has 2 aromatic rings. The molecule has 3 heterocycles. The number of aromatic nitrogens is 2. The summed E-state index contributed by atoms with van der Waals surface area (Å²) in [4.78, 5) is 19.9. The van der Waals surface area contributed by atoms with Crippen LogP contribution in [0, 0.1) is 0 Å². The predicted molar refractivity (Wildman–Crippen MR) is 81.0 cm³/mol. The van der Waals surface area contributed by atoms with Crippen LogP contribution in [0.15, 0.2) is 60.7 Å². The van der Waals surface area contributed by atoms with Crippen molar-refractivity contribution in [2.75, 3.05) is 0 Å². The monoisotopic (exact) mass is 312 g/mol. The topological polar surface area (TPSA) is 92.5 Å². The van der Waals surface area contributed by atoms with E-state index in [0.29, 0.717) is 11.1 Å². The Morgan fingerprint density at radius 3 is 2.09 bits per heavy atom. The predicted octanol–water partition coefficient (Wildman–Crippen LogP) is 1.49. The Morgan fingerprint density at radius 1 is 1.00 bits per heavy atom. The molecule has 3 atom stereocenters. The van der Waals surface area contributed by atoms with E-state index >= 15 is 0 Å². The van der Waals surface area contributed by atoms with E-state index in [0.717, 1.165) is 0 Å². The summed E-state index contributed by atoms with van der Waals surface area (Å²) in [5, 5.41) is 20.9. The molecule has 1 aliphatic rings. The zero-order chi connectivity index (χ0) is 16.4. The highest BCUT2D eigenvalue weighted by molar-refractivity contribution is 5.93. The van der Waals surface area contributed by atoms with Gasteiger partial charge in [-0.25, -0.2) is 4.79 Å². The summed E-state index contributed by atoms with van der Waals surface area (Å²) in [6, 6.07) is 6.53. The third-order valence-electron chi connectivity index (χ3n) is 3.87. The molecule has 3 rings (SSSR count). The molecule has 0 radical (unpaired) electrons. The lowest BCUT2D eigenvalue weighted by Gasteiger charge is -2.27. The average molecular weight is 312 g/mol. The molecule has 0 aliphatic carbocycles. The Balaban J connectivity index is 1.91. The van der Waals surface area contributed by atoms with E-state index in [4.69, 9.17) is 4.74 Å². The summed E-state index contributed by atoms with van der Waals surface area (Å²) in [6.45, 7) is 1.60. The maximum absolute atomic E-state index is 12.2. The number of pyridine rings is 2. The molecular formula is C17H16N2O4. The van der Waals surface area contributed by atoms with Gasteiger partial charge in [0.25, 0.3) is 0 Å². The molecule has 23 heavy (non-hydrogen) atoms. The van der Waals surface area contributed by atoms with Gasteiger partial charge in [-0.15, -0.1) is 0 Å². The van der Waals surface area contributed by atoms with Gasteiger partial charge in [-0.1, -0.05) is 0 Å². The fourth-order valence-electron chi connectivity index (χ4n) is 2.58. The summed E-state index contributed by atoms with van der Waals surface area (Å²) in [5.41, 5.74) is -0.0363. The van der Waals surface area contributed by atoms with E-state index in [-0.39, 0.29) is 5.57 Å². The van der Waals surface area contributed by atoms with Crippen LogP contribution < -0.4 is 0 Å². The molecule has 0 bridgehead atoms. The normalized spacial score (nSPS) is 23.1. The molecule has 2 aromatic heterocycles. The fourth-order valence-corrected chi connectivity index (χ4v) is 2.58. The van der Waals surface area contributed by atoms with Crippen LogP contribution in [0.4, 0.5) is 0 Å². The number of aliphatic hydroxyl groups is 2. The molecule has 0 saturated carbocycles. The number of hydrogen-bond acceptors (Lipinski definition) is 6. The number of esters is 1. The van der Waals surface area contributed by atoms with Gasteiger partial charge in [0.15, 0.2) is 5.60 Å². The molecule has 0 spiro atoms. The van der Waals surface area contributed by atoms with Crippen molar-refractivity contribution in [3.05, 3.63) is 71.8 Å². The quantitative estimate of drug-likeness (QED) is 0.831. The van der Waals surface area contributed by atoms with Gasteiger partial charge in [-0.05, 0) is 48.4 Å². The smallest absolute Gasteiger partial charge is 0.337 e. The van der Waals surface area contributed by atoms with Crippen molar-refractivity contribution in [2.24, 2.45) is 0 Å². The Hall–Kier alpha value is -2.57. The van der Waals surface area contributed by atoms with Gasteiger partial charge in [0, 0.05) is 24.8 Å². The van der Waals surface area contributed by atoms with Crippen LogP contribution in [-0.4, -0.2) is 31.8 Å². The van der Waals surface area contributed by atoms with Crippen molar-refractivity contribution in [1.29, 1.82) is 0 Å². The maximum Gasteiger partial charge on any atom is 0.337 e. The summed E-state index contributed by atoms with van der Waals surface area (Å²) < 4.78 is 5.34. The van der Waals surface area contributed by atoms with Crippen molar-refractivity contribution >= 4 is 5.97 Å². The number of aliphatic hydroxyl groups excluding tert-OH is 2. The van der Waals surface area contributed by atoms with E-state index in [1.165, 1.54) is 18.5 Å². The molecule has 0 saturated heterocycles. The fraction of sp³-hybridized carbons (Fsp3) is 0.235. The number of carbonyl (C=O) groups excluding carboxylic acids is 1. The lowest BCUT2D eigenvalue weighted by Crippen LogP contribution is -2.32. The second-order valence-electron chi connectivity index (χ2n) is 5.54. The van der Waals surface area contributed by atoms with Crippen LogP contribution >= 0.6 is 0 Å². The molecule has 6 heteroatoms. The van der Waals surface area contributed by atoms with Crippen LogP contribution in [0.5, 0.6) is 0 Å². The first-order valence-corrected chi connectivity index (χ1v) is 7.13. The molecule has 1 aliphatic heterocycles. The van der Waals surface area contributed by atoms with E-state index < -0.39 is 23.8 Å². The summed E-state index contributed by atoms with van der Waals surface area (Å²) in [5.74, 6) is -0.648. The van der Waals surface area contributed by atoms with Crippen molar-refractivity contribution < 1.29 is 19.7 Å². The van der Waals surface area contributed by atoms with Crippen molar-refractivity contribution in [3.63, 3.8) is 0 Å². The number of ether oxygens (including phenoxy) is 1. The largest absolute Gasteiger partial charge is 0.448 e. The lowest BCUT2D eigenvalue weighted by molar-refractivity contribution is -0.154. The second-order valence-corrected chi connectivity index (χ2v) is 5.54. The van der Waals surface area contributed by atoms with Gasteiger partial charge in [-0.3, -0.25) is 9.97 Å². The van der Waals surface area contributed by atoms with Crippen LogP contribution in [0.3, 0.4) is 0 Å². The number of hydrogen-bond donors (Lipinski definition) is 2. The van der Waals surface area contributed by atoms with Crippen molar-refractivity contribution in [1.82, 2.24) is 9.97 Å². The number of cyclic esters (lactones) is 1. The average Bonchev–Trinajstić information content (AvgIpc) is 2.91. The third-order valence-corrected chi connectivity index (χ3v) is 3.87. The zero-order valence-electron chi connectivity index (χ0n) is 12.5. The van der Waals surface area contributed by atoms with Gasteiger partial charge in [0.2, 0.25) is 0 Å². The summed E-state index contributed by atoms with van der Waals surface area (Å²) in [6.07, 6.45) is 5.46. The summed E-state index contributed by atoms with van der Waals surface area (Å²) in [7, 11) is 0. The standard InChI is InChI=1S/C17H16N2O4/c1-17(15(21)12-4-8-19-9-5-12)10-13(16(22)23-17)14(20)11-2-6-18-7-3-11/h2-10,14-15,20-21H,1H3. The highest BCUT2D eigenvalue weighted by Crippen LogP contribution is 2.39. The Bertz CT molecular complexity index is 733. The molecule has 6 nitrogen and oxygen atoms in total. The van der Waals surface area contributed by atoms with Gasteiger partial charge in [0.05, 0.1) is 5.57 Å². The van der Waals surface area contributed by atoms with Gasteiger partial charge >= 0.3 is 5.97 Å².